The van der Waals surface area contributed by atoms with Gasteiger partial charge in [-0.2, -0.15) is 13.2 Å². The number of rotatable bonds is 3. The van der Waals surface area contributed by atoms with E-state index in [1.807, 2.05) is 0 Å². The van der Waals surface area contributed by atoms with Gasteiger partial charge in [0.2, 0.25) is 11.6 Å². The predicted octanol–water partition coefficient (Wildman–Crippen LogP) is 2.90. The van der Waals surface area contributed by atoms with Crippen molar-refractivity contribution in [3.8, 4) is 0 Å². The summed E-state index contributed by atoms with van der Waals surface area (Å²) in [5, 5.41) is 1.72. The van der Waals surface area contributed by atoms with Crippen LogP contribution < -0.4 is 5.32 Å². The number of aromatic nitrogens is 2. The SMILES string of the molecule is CS(=O)(=O)C1=C(Nc2ccc(Cl)c(C(F)(F)F)c2)C(=O)c2nccnc2C1=O. The molecule has 0 unspecified atom stereocenters. The van der Waals surface area contributed by atoms with E-state index >= 15 is 0 Å². The second kappa shape index (κ2) is 6.67. The van der Waals surface area contributed by atoms with E-state index in [0.717, 1.165) is 24.5 Å². The van der Waals surface area contributed by atoms with Crippen molar-refractivity contribution in [1.82, 2.24) is 9.97 Å². The molecule has 0 atom stereocenters. The van der Waals surface area contributed by atoms with E-state index < -0.39 is 60.2 Å². The molecule has 12 heteroatoms. The van der Waals surface area contributed by atoms with Gasteiger partial charge in [-0.05, 0) is 18.2 Å². The molecule has 0 aliphatic heterocycles. The molecule has 1 aliphatic carbocycles. The van der Waals surface area contributed by atoms with Crippen LogP contribution in [0.4, 0.5) is 18.9 Å². The standard InChI is InChI=1S/C16H9ClF3N3O4S/c1-28(26,27)15-12(13(24)10-11(14(15)25)22-5-4-21-10)23-7-2-3-9(17)8(6-7)16(18,19)20/h2-6,23H,1H3. The van der Waals surface area contributed by atoms with Crippen LogP contribution in [0.25, 0.3) is 0 Å². The first-order valence-electron chi connectivity index (χ1n) is 7.39. The molecule has 1 aromatic heterocycles. The molecule has 0 radical (unpaired) electrons. The van der Waals surface area contributed by atoms with Gasteiger partial charge in [-0.25, -0.2) is 18.4 Å². The van der Waals surface area contributed by atoms with Gasteiger partial charge in [0.1, 0.15) is 22.0 Å². The number of carbonyl (C=O) groups excluding carboxylic acids is 2. The van der Waals surface area contributed by atoms with Crippen LogP contribution in [0.2, 0.25) is 5.02 Å². The molecule has 3 rings (SSSR count). The van der Waals surface area contributed by atoms with Crippen LogP contribution in [-0.4, -0.2) is 36.2 Å². The summed E-state index contributed by atoms with van der Waals surface area (Å²) in [6.45, 7) is 0. The average molecular weight is 432 g/mol. The van der Waals surface area contributed by atoms with E-state index in [-0.39, 0.29) is 5.69 Å². The van der Waals surface area contributed by atoms with Crippen molar-refractivity contribution in [2.75, 3.05) is 11.6 Å². The van der Waals surface area contributed by atoms with Gasteiger partial charge in [0.05, 0.1) is 10.6 Å². The van der Waals surface area contributed by atoms with Crippen molar-refractivity contribution in [3.63, 3.8) is 0 Å². The number of nitrogens with zero attached hydrogens (tertiary/aromatic N) is 2. The lowest BCUT2D eigenvalue weighted by Gasteiger charge is -2.20. The molecular formula is C16H9ClF3N3O4S. The maximum Gasteiger partial charge on any atom is 0.417 e. The van der Waals surface area contributed by atoms with Crippen molar-refractivity contribution in [1.29, 1.82) is 0 Å². The number of nitrogens with one attached hydrogen (secondary N) is 1. The average Bonchev–Trinajstić information content (AvgIpc) is 2.59. The number of alkyl halides is 3. The molecule has 7 nitrogen and oxygen atoms in total. The zero-order valence-corrected chi connectivity index (χ0v) is 15.4. The highest BCUT2D eigenvalue weighted by Crippen LogP contribution is 2.37. The summed E-state index contributed by atoms with van der Waals surface area (Å²) < 4.78 is 63.4. The molecule has 1 aromatic carbocycles. The van der Waals surface area contributed by atoms with Crippen LogP contribution in [0, 0.1) is 0 Å². The zero-order valence-electron chi connectivity index (χ0n) is 13.8. The quantitative estimate of drug-likeness (QED) is 0.796. The van der Waals surface area contributed by atoms with Gasteiger partial charge in [0.25, 0.3) is 0 Å². The fraction of sp³-hybridized carbons (Fsp3) is 0.125. The third-order valence-corrected chi connectivity index (χ3v) is 5.16. The first kappa shape index (κ1) is 20.0. The van der Waals surface area contributed by atoms with Crippen molar-refractivity contribution in [2.45, 2.75) is 6.18 Å². The molecule has 0 spiro atoms. The number of benzene rings is 1. The van der Waals surface area contributed by atoms with Crippen molar-refractivity contribution >= 4 is 38.7 Å². The number of carbonyl (C=O) groups is 2. The minimum Gasteiger partial charge on any atom is -0.351 e. The Kier molecular flexibility index (Phi) is 4.76. The number of fused-ring (bicyclic) bond motifs is 1. The molecule has 2 aromatic rings. The molecule has 1 aliphatic rings. The number of hydrogen-bond donors (Lipinski definition) is 1. The lowest BCUT2D eigenvalue weighted by molar-refractivity contribution is -0.137. The molecule has 28 heavy (non-hydrogen) atoms. The first-order chi connectivity index (χ1) is 12.9. The second-order valence-electron chi connectivity index (χ2n) is 5.71. The van der Waals surface area contributed by atoms with Crippen LogP contribution in [0.1, 0.15) is 26.5 Å². The van der Waals surface area contributed by atoms with Gasteiger partial charge >= 0.3 is 6.18 Å². The summed E-state index contributed by atoms with van der Waals surface area (Å²) in [7, 11) is -4.24. The second-order valence-corrected chi connectivity index (χ2v) is 8.07. The Morgan fingerprint density at radius 2 is 1.61 bits per heavy atom. The number of anilines is 1. The maximum absolute atomic E-state index is 13.0. The minimum atomic E-state index is -4.78. The van der Waals surface area contributed by atoms with E-state index in [2.05, 4.69) is 15.3 Å². The molecular weight excluding hydrogens is 423 g/mol. The Bertz CT molecular complexity index is 1160. The summed E-state index contributed by atoms with van der Waals surface area (Å²) in [5.74, 6) is -2.08. The third kappa shape index (κ3) is 3.50. The smallest absolute Gasteiger partial charge is 0.351 e. The molecule has 0 saturated heterocycles. The van der Waals surface area contributed by atoms with Crippen LogP contribution in [0.5, 0.6) is 0 Å². The monoisotopic (exact) mass is 431 g/mol. The van der Waals surface area contributed by atoms with Gasteiger partial charge < -0.3 is 5.32 Å². The highest BCUT2D eigenvalue weighted by Gasteiger charge is 2.40. The van der Waals surface area contributed by atoms with Gasteiger partial charge in [0.15, 0.2) is 9.84 Å². The normalized spacial score (nSPS) is 14.9. The first-order valence-corrected chi connectivity index (χ1v) is 9.66. The summed E-state index contributed by atoms with van der Waals surface area (Å²) >= 11 is 5.55. The van der Waals surface area contributed by atoms with Crippen LogP contribution in [0.15, 0.2) is 41.2 Å². The zero-order chi connectivity index (χ0) is 20.9. The number of hydrogen-bond acceptors (Lipinski definition) is 7. The predicted molar refractivity (Wildman–Crippen MR) is 92.6 cm³/mol. The van der Waals surface area contributed by atoms with E-state index in [1.165, 1.54) is 0 Å². The fourth-order valence-electron chi connectivity index (χ4n) is 2.54. The molecule has 1 heterocycles. The highest BCUT2D eigenvalue weighted by atomic mass is 35.5. The van der Waals surface area contributed by atoms with Gasteiger partial charge in [-0.15, -0.1) is 0 Å². The summed E-state index contributed by atoms with van der Waals surface area (Å²) in [5.41, 5.74) is -3.06. The van der Waals surface area contributed by atoms with E-state index in [4.69, 9.17) is 11.6 Å². The molecule has 0 bridgehead atoms. The Morgan fingerprint density at radius 1 is 1.04 bits per heavy atom. The molecule has 146 valence electrons. The number of sulfone groups is 1. The van der Waals surface area contributed by atoms with E-state index in [9.17, 15) is 31.2 Å². The number of halogens is 4. The Morgan fingerprint density at radius 3 is 2.14 bits per heavy atom. The highest BCUT2D eigenvalue weighted by molar-refractivity contribution is 7.95. The minimum absolute atomic E-state index is 0.290. The van der Waals surface area contributed by atoms with E-state index in [1.54, 1.807) is 0 Å². The number of ketones is 2. The topological polar surface area (TPSA) is 106 Å². The maximum atomic E-state index is 13.0. The van der Waals surface area contributed by atoms with Crippen molar-refractivity contribution in [2.24, 2.45) is 0 Å². The molecule has 0 fully saturated rings. The Hall–Kier alpha value is -2.79. The van der Waals surface area contributed by atoms with Crippen LogP contribution in [0.3, 0.4) is 0 Å². The lowest BCUT2D eigenvalue weighted by atomic mass is 10.0. The number of allylic oxidation sites excluding steroid dienone is 2. The van der Waals surface area contributed by atoms with Crippen molar-refractivity contribution < 1.29 is 31.2 Å². The Labute approximate surface area is 161 Å². The Balaban J connectivity index is 2.19. The number of Topliss-reactive ketones (excluding diaryl/α,β-unsaturated/α-hetero) is 2. The van der Waals surface area contributed by atoms with Crippen molar-refractivity contribution in [3.05, 3.63) is 63.2 Å². The van der Waals surface area contributed by atoms with Gasteiger partial charge in [-0.1, -0.05) is 11.6 Å². The fourth-order valence-corrected chi connectivity index (χ4v) is 3.72. The van der Waals surface area contributed by atoms with Gasteiger partial charge in [0, 0.05) is 24.3 Å². The molecule has 0 saturated carbocycles. The largest absolute Gasteiger partial charge is 0.417 e. The molecule has 0 amide bonds. The summed E-state index contributed by atoms with van der Waals surface area (Å²) in [6.07, 6.45) is -1.86. The third-order valence-electron chi connectivity index (χ3n) is 3.70. The summed E-state index contributed by atoms with van der Waals surface area (Å²) in [4.78, 5) is 31.7. The van der Waals surface area contributed by atoms with Crippen LogP contribution >= 0.6 is 11.6 Å². The van der Waals surface area contributed by atoms with Crippen LogP contribution in [-0.2, 0) is 16.0 Å². The van der Waals surface area contributed by atoms with E-state index in [0.29, 0.717) is 12.3 Å². The lowest BCUT2D eigenvalue weighted by Crippen LogP contribution is -2.31. The summed E-state index contributed by atoms with van der Waals surface area (Å²) in [6, 6.07) is 2.63. The van der Waals surface area contributed by atoms with Gasteiger partial charge in [-0.3, -0.25) is 9.59 Å². The molecule has 1 N–H and O–H groups in total.